The third kappa shape index (κ3) is 4.18. The van der Waals surface area contributed by atoms with E-state index >= 15 is 0 Å². The van der Waals surface area contributed by atoms with Crippen molar-refractivity contribution in [3.05, 3.63) is 47.0 Å². The Morgan fingerprint density at radius 1 is 1.54 bits per heavy atom. The van der Waals surface area contributed by atoms with Crippen LogP contribution in [0.1, 0.15) is 29.7 Å². The summed E-state index contributed by atoms with van der Waals surface area (Å²) in [7, 11) is 0. The van der Waals surface area contributed by atoms with E-state index in [-0.39, 0.29) is 18.5 Å². The van der Waals surface area contributed by atoms with Crippen molar-refractivity contribution in [2.24, 2.45) is 5.10 Å². The van der Waals surface area contributed by atoms with Gasteiger partial charge in [-0.2, -0.15) is 5.10 Å². The molecule has 0 spiro atoms. The number of rotatable bonds is 6. The molecule has 0 radical (unpaired) electrons. The SMILES string of the molecule is Cc1cn(N=Cc2ccc(COCC3CCCO3)c(F)c2)c(N)n1. The fourth-order valence-corrected chi connectivity index (χ4v) is 2.56. The molecule has 3 rings (SSSR count). The van der Waals surface area contributed by atoms with Gasteiger partial charge in [-0.3, -0.25) is 0 Å². The van der Waals surface area contributed by atoms with Crippen LogP contribution in [0.3, 0.4) is 0 Å². The first-order valence-corrected chi connectivity index (χ1v) is 7.95. The molecule has 24 heavy (non-hydrogen) atoms. The van der Waals surface area contributed by atoms with Crippen molar-refractivity contribution >= 4 is 12.2 Å². The molecule has 6 nitrogen and oxygen atoms in total. The number of halogens is 1. The van der Waals surface area contributed by atoms with E-state index in [0.717, 1.165) is 25.1 Å². The number of nitrogen functional groups attached to an aromatic ring is 1. The van der Waals surface area contributed by atoms with Crippen LogP contribution in [0.2, 0.25) is 0 Å². The normalized spacial score (nSPS) is 17.8. The van der Waals surface area contributed by atoms with Gasteiger partial charge in [0.05, 0.1) is 37.4 Å². The molecule has 1 saturated heterocycles. The molecule has 0 amide bonds. The molecule has 2 N–H and O–H groups in total. The number of nitrogens with zero attached hydrogens (tertiary/aromatic N) is 3. The smallest absolute Gasteiger partial charge is 0.221 e. The van der Waals surface area contributed by atoms with Gasteiger partial charge in [-0.25, -0.2) is 14.1 Å². The predicted molar refractivity (Wildman–Crippen MR) is 89.4 cm³/mol. The zero-order chi connectivity index (χ0) is 16.9. The van der Waals surface area contributed by atoms with Gasteiger partial charge in [-0.1, -0.05) is 12.1 Å². The number of aryl methyl sites for hydroxylation is 1. The molecule has 2 heterocycles. The van der Waals surface area contributed by atoms with Crippen molar-refractivity contribution in [2.45, 2.75) is 32.5 Å². The lowest BCUT2D eigenvalue weighted by Crippen LogP contribution is -2.14. The third-order valence-electron chi connectivity index (χ3n) is 3.83. The van der Waals surface area contributed by atoms with Gasteiger partial charge in [0.2, 0.25) is 5.95 Å². The first kappa shape index (κ1) is 16.6. The molecular formula is C17H21FN4O2. The number of nitrogens with two attached hydrogens (primary N) is 1. The average molecular weight is 332 g/mol. The van der Waals surface area contributed by atoms with Crippen LogP contribution in [0, 0.1) is 12.7 Å². The fourth-order valence-electron chi connectivity index (χ4n) is 2.56. The highest BCUT2D eigenvalue weighted by atomic mass is 19.1. The van der Waals surface area contributed by atoms with Crippen molar-refractivity contribution in [3.63, 3.8) is 0 Å². The molecule has 1 aromatic heterocycles. The summed E-state index contributed by atoms with van der Waals surface area (Å²) < 4.78 is 26.6. The van der Waals surface area contributed by atoms with E-state index in [1.807, 2.05) is 6.92 Å². The van der Waals surface area contributed by atoms with Crippen molar-refractivity contribution in [3.8, 4) is 0 Å². The molecule has 2 aromatic rings. The summed E-state index contributed by atoms with van der Waals surface area (Å²) in [6.45, 7) is 3.35. The average Bonchev–Trinajstić information content (AvgIpc) is 3.17. The summed E-state index contributed by atoms with van der Waals surface area (Å²) in [6.07, 6.45) is 5.46. The number of ether oxygens (including phenoxy) is 2. The van der Waals surface area contributed by atoms with Crippen LogP contribution in [-0.2, 0) is 16.1 Å². The maximum Gasteiger partial charge on any atom is 0.221 e. The van der Waals surface area contributed by atoms with Crippen LogP contribution in [0.4, 0.5) is 10.3 Å². The lowest BCUT2D eigenvalue weighted by molar-refractivity contribution is 0.00982. The van der Waals surface area contributed by atoms with Gasteiger partial charge in [-0.15, -0.1) is 0 Å². The Hall–Kier alpha value is -2.25. The topological polar surface area (TPSA) is 74.7 Å². The van der Waals surface area contributed by atoms with Crippen molar-refractivity contribution in [2.75, 3.05) is 18.9 Å². The highest BCUT2D eigenvalue weighted by Gasteiger charge is 2.15. The molecule has 1 fully saturated rings. The Kier molecular flexibility index (Phi) is 5.22. The maximum absolute atomic E-state index is 14.1. The summed E-state index contributed by atoms with van der Waals surface area (Å²) in [5, 5.41) is 4.17. The zero-order valence-corrected chi connectivity index (χ0v) is 13.6. The van der Waals surface area contributed by atoms with Gasteiger partial charge in [0.25, 0.3) is 0 Å². The molecule has 1 aliphatic rings. The Morgan fingerprint density at radius 3 is 3.08 bits per heavy atom. The number of hydrogen-bond acceptors (Lipinski definition) is 5. The van der Waals surface area contributed by atoms with Crippen molar-refractivity contribution in [1.82, 2.24) is 9.66 Å². The first-order valence-electron chi connectivity index (χ1n) is 7.95. The van der Waals surface area contributed by atoms with Crippen molar-refractivity contribution in [1.29, 1.82) is 0 Å². The molecule has 1 atom stereocenters. The fraction of sp³-hybridized carbons (Fsp3) is 0.412. The van der Waals surface area contributed by atoms with E-state index < -0.39 is 0 Å². The van der Waals surface area contributed by atoms with E-state index in [9.17, 15) is 4.39 Å². The summed E-state index contributed by atoms with van der Waals surface area (Å²) in [6, 6.07) is 4.92. The summed E-state index contributed by atoms with van der Waals surface area (Å²) in [5.74, 6) is -0.0237. The number of benzene rings is 1. The molecule has 1 unspecified atom stereocenters. The van der Waals surface area contributed by atoms with Crippen LogP contribution < -0.4 is 5.73 Å². The second-order valence-electron chi connectivity index (χ2n) is 5.83. The van der Waals surface area contributed by atoms with E-state index in [0.29, 0.717) is 23.7 Å². The van der Waals surface area contributed by atoms with Gasteiger partial charge < -0.3 is 15.2 Å². The Labute approximate surface area is 140 Å². The van der Waals surface area contributed by atoms with E-state index in [1.54, 1.807) is 18.3 Å². The third-order valence-corrected chi connectivity index (χ3v) is 3.83. The molecule has 7 heteroatoms. The summed E-state index contributed by atoms with van der Waals surface area (Å²) in [5.41, 5.74) is 7.63. The van der Waals surface area contributed by atoms with Crippen LogP contribution in [0.5, 0.6) is 0 Å². The molecule has 0 aliphatic carbocycles. The van der Waals surface area contributed by atoms with E-state index in [1.165, 1.54) is 17.0 Å². The van der Waals surface area contributed by atoms with Crippen LogP contribution in [-0.4, -0.2) is 35.2 Å². The quantitative estimate of drug-likeness (QED) is 0.825. The Balaban J connectivity index is 1.58. The molecule has 1 aromatic carbocycles. The Morgan fingerprint density at radius 2 is 2.42 bits per heavy atom. The number of anilines is 1. The number of hydrogen-bond donors (Lipinski definition) is 1. The first-order chi connectivity index (χ1) is 11.6. The second-order valence-corrected chi connectivity index (χ2v) is 5.83. The summed E-state index contributed by atoms with van der Waals surface area (Å²) >= 11 is 0. The van der Waals surface area contributed by atoms with Crippen LogP contribution in [0.25, 0.3) is 0 Å². The molecule has 0 bridgehead atoms. The minimum atomic E-state index is -0.318. The second kappa shape index (κ2) is 7.55. The Bertz CT molecular complexity index is 723. The van der Waals surface area contributed by atoms with Gasteiger partial charge in [-0.05, 0) is 31.4 Å². The maximum atomic E-state index is 14.1. The predicted octanol–water partition coefficient (Wildman–Crippen LogP) is 2.49. The summed E-state index contributed by atoms with van der Waals surface area (Å²) in [4.78, 5) is 4.05. The lowest BCUT2D eigenvalue weighted by Gasteiger charge is -2.10. The zero-order valence-electron chi connectivity index (χ0n) is 13.6. The standard InChI is InChI=1S/C17H21FN4O2/c1-12-9-22(17(19)21-12)20-8-13-4-5-14(16(18)7-13)10-23-11-15-3-2-6-24-15/h4-5,7-9,15H,2-3,6,10-11H2,1H3,(H2,19,21). The van der Waals surface area contributed by atoms with E-state index in [2.05, 4.69) is 10.1 Å². The number of aromatic nitrogens is 2. The van der Waals surface area contributed by atoms with Gasteiger partial charge >= 0.3 is 0 Å². The monoisotopic (exact) mass is 332 g/mol. The largest absolute Gasteiger partial charge is 0.376 e. The minimum absolute atomic E-state index is 0.142. The molecular weight excluding hydrogens is 311 g/mol. The van der Waals surface area contributed by atoms with Crippen LogP contribution in [0.15, 0.2) is 29.5 Å². The van der Waals surface area contributed by atoms with E-state index in [4.69, 9.17) is 15.2 Å². The van der Waals surface area contributed by atoms with Gasteiger partial charge in [0.1, 0.15) is 5.82 Å². The molecule has 128 valence electrons. The number of imidazole rings is 1. The van der Waals surface area contributed by atoms with Gasteiger partial charge in [0, 0.05) is 12.2 Å². The minimum Gasteiger partial charge on any atom is -0.376 e. The van der Waals surface area contributed by atoms with Crippen molar-refractivity contribution < 1.29 is 13.9 Å². The highest BCUT2D eigenvalue weighted by Crippen LogP contribution is 2.15. The molecule has 0 saturated carbocycles. The lowest BCUT2D eigenvalue weighted by atomic mass is 10.1. The van der Waals surface area contributed by atoms with Crippen LogP contribution >= 0.6 is 0 Å². The highest BCUT2D eigenvalue weighted by molar-refractivity contribution is 5.79. The molecule has 1 aliphatic heterocycles. The van der Waals surface area contributed by atoms with Gasteiger partial charge in [0.15, 0.2) is 0 Å².